The summed E-state index contributed by atoms with van der Waals surface area (Å²) >= 11 is 1.26. The maximum Gasteiger partial charge on any atom is 0.353 e. The Morgan fingerprint density at radius 2 is 1.90 bits per heavy atom. The number of carbonyl (C=O) groups excluding carboxylic acids is 3. The minimum atomic E-state index is -0.611. The molecule has 0 unspecified atom stereocenters. The lowest BCUT2D eigenvalue weighted by Gasteiger charge is -2.14. The quantitative estimate of drug-likeness (QED) is 0.310. The summed E-state index contributed by atoms with van der Waals surface area (Å²) in [4.78, 5) is 37.4. The summed E-state index contributed by atoms with van der Waals surface area (Å²) in [7, 11) is 0. The maximum atomic E-state index is 13.4. The van der Waals surface area contributed by atoms with Gasteiger partial charge >= 0.3 is 5.97 Å². The van der Waals surface area contributed by atoms with Gasteiger partial charge in [-0.2, -0.15) is 0 Å². The topological polar surface area (TPSA) is 75.7 Å². The van der Waals surface area contributed by atoms with Gasteiger partial charge in [-0.3, -0.25) is 15.0 Å². The molecule has 1 aliphatic rings. The summed E-state index contributed by atoms with van der Waals surface area (Å²) in [6.45, 7) is 0. The molecule has 1 N–H and O–H groups in total. The van der Waals surface area contributed by atoms with Gasteiger partial charge in [-0.05, 0) is 53.4 Å². The van der Waals surface area contributed by atoms with Crippen molar-refractivity contribution in [1.29, 1.82) is 0 Å². The third kappa shape index (κ3) is 3.92. The molecule has 2 heterocycles. The van der Waals surface area contributed by atoms with Crippen molar-refractivity contribution in [3.05, 3.63) is 87.9 Å². The molecule has 1 fully saturated rings. The average Bonchev–Trinajstić information content (AvgIpc) is 3.33. The zero-order valence-corrected chi connectivity index (χ0v) is 15.6. The van der Waals surface area contributed by atoms with E-state index in [9.17, 15) is 18.8 Å². The standard InChI is InChI=1S/C21H13FN2O4S/c22-14-5-2-6-15(12-14)24-20(26)17(19(25)23-24)11-13-4-1-7-16(10-13)28-21(27)18-8-3-9-29-18/h1-12H,(H,23,25)/b17-11+. The summed E-state index contributed by atoms with van der Waals surface area (Å²) in [5.41, 5.74) is 3.01. The highest BCUT2D eigenvalue weighted by molar-refractivity contribution is 7.12. The minimum Gasteiger partial charge on any atom is -0.422 e. The molecule has 0 saturated carbocycles. The van der Waals surface area contributed by atoms with E-state index in [-0.39, 0.29) is 17.0 Å². The van der Waals surface area contributed by atoms with E-state index in [1.807, 2.05) is 0 Å². The fourth-order valence-corrected chi connectivity index (χ4v) is 3.34. The Morgan fingerprint density at radius 3 is 2.66 bits per heavy atom. The molecule has 3 aromatic rings. The van der Waals surface area contributed by atoms with Crippen LogP contribution in [0.15, 0.2) is 71.6 Å². The predicted molar refractivity (Wildman–Crippen MR) is 106 cm³/mol. The number of ether oxygens (including phenoxy) is 1. The maximum absolute atomic E-state index is 13.4. The zero-order valence-electron chi connectivity index (χ0n) is 14.8. The van der Waals surface area contributed by atoms with Crippen molar-refractivity contribution < 1.29 is 23.5 Å². The SMILES string of the molecule is O=C1NN(c2cccc(F)c2)C(=O)/C1=C/c1cccc(OC(=O)c2cccs2)c1. The van der Waals surface area contributed by atoms with Gasteiger partial charge in [0.1, 0.15) is 22.0 Å². The van der Waals surface area contributed by atoms with Gasteiger partial charge in [0.25, 0.3) is 11.8 Å². The molecule has 2 amide bonds. The second-order valence-electron chi connectivity index (χ2n) is 6.06. The van der Waals surface area contributed by atoms with Crippen LogP contribution in [0.1, 0.15) is 15.2 Å². The highest BCUT2D eigenvalue weighted by atomic mass is 32.1. The van der Waals surface area contributed by atoms with Crippen LogP contribution in [0.25, 0.3) is 6.08 Å². The van der Waals surface area contributed by atoms with Gasteiger partial charge in [-0.25, -0.2) is 14.2 Å². The van der Waals surface area contributed by atoms with Crippen molar-refractivity contribution in [2.45, 2.75) is 0 Å². The highest BCUT2D eigenvalue weighted by Crippen LogP contribution is 2.24. The van der Waals surface area contributed by atoms with Crippen LogP contribution in [0.4, 0.5) is 10.1 Å². The van der Waals surface area contributed by atoms with E-state index in [1.165, 1.54) is 35.6 Å². The lowest BCUT2D eigenvalue weighted by atomic mass is 10.1. The number of hydrogen-bond acceptors (Lipinski definition) is 5. The number of carbonyl (C=O) groups is 3. The van der Waals surface area contributed by atoms with E-state index in [1.54, 1.807) is 41.8 Å². The second kappa shape index (κ2) is 7.69. The molecular weight excluding hydrogens is 395 g/mol. The molecule has 0 aliphatic carbocycles. The number of hydrogen-bond donors (Lipinski definition) is 1. The molecule has 4 rings (SSSR count). The fourth-order valence-electron chi connectivity index (χ4n) is 2.74. The molecule has 0 bridgehead atoms. The van der Waals surface area contributed by atoms with Crippen molar-refractivity contribution in [1.82, 2.24) is 5.43 Å². The number of amides is 2. The number of rotatable bonds is 4. The third-order valence-electron chi connectivity index (χ3n) is 4.06. The van der Waals surface area contributed by atoms with Gasteiger partial charge in [0.05, 0.1) is 5.69 Å². The van der Waals surface area contributed by atoms with Gasteiger partial charge in [0.2, 0.25) is 0 Å². The summed E-state index contributed by atoms with van der Waals surface area (Å²) in [6, 6.07) is 15.2. The Morgan fingerprint density at radius 1 is 1.07 bits per heavy atom. The van der Waals surface area contributed by atoms with E-state index < -0.39 is 23.6 Å². The molecule has 1 aromatic heterocycles. The summed E-state index contributed by atoms with van der Waals surface area (Å²) < 4.78 is 18.8. The smallest absolute Gasteiger partial charge is 0.353 e. The summed E-state index contributed by atoms with van der Waals surface area (Å²) in [5, 5.41) is 2.75. The first-order chi connectivity index (χ1) is 14.0. The Bertz CT molecular complexity index is 1140. The molecule has 0 atom stereocenters. The summed E-state index contributed by atoms with van der Waals surface area (Å²) in [5.74, 6) is -1.95. The fraction of sp³-hybridized carbons (Fsp3) is 0. The van der Waals surface area contributed by atoms with Crippen LogP contribution in [0.2, 0.25) is 0 Å². The van der Waals surface area contributed by atoms with Crippen molar-refractivity contribution in [3.8, 4) is 5.75 Å². The van der Waals surface area contributed by atoms with Gasteiger partial charge in [0.15, 0.2) is 0 Å². The van der Waals surface area contributed by atoms with Crippen LogP contribution in [0.5, 0.6) is 5.75 Å². The van der Waals surface area contributed by atoms with E-state index in [0.29, 0.717) is 10.4 Å². The molecule has 29 heavy (non-hydrogen) atoms. The molecule has 2 aromatic carbocycles. The third-order valence-corrected chi connectivity index (χ3v) is 4.91. The van der Waals surface area contributed by atoms with Gasteiger partial charge in [0, 0.05) is 0 Å². The normalized spacial score (nSPS) is 14.9. The number of benzene rings is 2. The predicted octanol–water partition coefficient (Wildman–Crippen LogP) is 3.57. The molecule has 6 nitrogen and oxygen atoms in total. The van der Waals surface area contributed by atoms with Gasteiger partial charge in [-0.1, -0.05) is 24.3 Å². The largest absolute Gasteiger partial charge is 0.422 e. The van der Waals surface area contributed by atoms with Crippen LogP contribution >= 0.6 is 11.3 Å². The molecule has 1 aliphatic heterocycles. The first-order valence-electron chi connectivity index (χ1n) is 8.50. The van der Waals surface area contributed by atoms with Crippen LogP contribution in [-0.2, 0) is 9.59 Å². The first-order valence-corrected chi connectivity index (χ1v) is 9.38. The molecule has 0 radical (unpaired) electrons. The van der Waals surface area contributed by atoms with Gasteiger partial charge < -0.3 is 4.74 Å². The van der Waals surface area contributed by atoms with E-state index in [4.69, 9.17) is 4.74 Å². The van der Waals surface area contributed by atoms with Crippen LogP contribution in [-0.4, -0.2) is 17.8 Å². The lowest BCUT2D eigenvalue weighted by Crippen LogP contribution is -2.35. The first kappa shape index (κ1) is 18.6. The van der Waals surface area contributed by atoms with E-state index in [2.05, 4.69) is 5.43 Å². The van der Waals surface area contributed by atoms with Crippen LogP contribution < -0.4 is 15.2 Å². The Balaban J connectivity index is 1.57. The lowest BCUT2D eigenvalue weighted by molar-refractivity contribution is -0.117. The number of hydrazine groups is 1. The summed E-state index contributed by atoms with van der Waals surface area (Å²) in [6.07, 6.45) is 1.39. The van der Waals surface area contributed by atoms with Gasteiger partial charge in [-0.15, -0.1) is 11.3 Å². The van der Waals surface area contributed by atoms with Crippen molar-refractivity contribution in [2.75, 3.05) is 5.01 Å². The molecule has 8 heteroatoms. The second-order valence-corrected chi connectivity index (χ2v) is 7.01. The van der Waals surface area contributed by atoms with Crippen molar-refractivity contribution in [3.63, 3.8) is 0 Å². The molecular formula is C21H13FN2O4S. The Kier molecular flexibility index (Phi) is 4.92. The molecule has 144 valence electrons. The minimum absolute atomic E-state index is 0.115. The van der Waals surface area contributed by atoms with E-state index in [0.717, 1.165) is 11.1 Å². The number of nitrogens with one attached hydrogen (secondary N) is 1. The van der Waals surface area contributed by atoms with Crippen LogP contribution in [0.3, 0.4) is 0 Å². The number of anilines is 1. The Labute approximate surface area is 168 Å². The number of nitrogens with zero attached hydrogens (tertiary/aromatic N) is 1. The van der Waals surface area contributed by atoms with Crippen LogP contribution in [0, 0.1) is 5.82 Å². The van der Waals surface area contributed by atoms with Crippen molar-refractivity contribution in [2.24, 2.45) is 0 Å². The zero-order chi connectivity index (χ0) is 20.4. The molecule has 0 spiro atoms. The molecule has 1 saturated heterocycles. The highest BCUT2D eigenvalue weighted by Gasteiger charge is 2.34. The number of halogens is 1. The Hall–Kier alpha value is -3.78. The number of thiophene rings is 1. The van der Waals surface area contributed by atoms with E-state index >= 15 is 0 Å². The monoisotopic (exact) mass is 408 g/mol. The van der Waals surface area contributed by atoms with Crippen molar-refractivity contribution >= 4 is 40.9 Å². The number of esters is 1. The average molecular weight is 408 g/mol.